The summed E-state index contributed by atoms with van der Waals surface area (Å²) in [6, 6.07) is 3.37. The smallest absolute Gasteiger partial charge is 0.206 e. The number of phenolic OH excluding ortho intramolecular Hbond substituents is 1. The van der Waals surface area contributed by atoms with Gasteiger partial charge < -0.3 is 15.3 Å². The second-order valence-electron chi connectivity index (χ2n) is 13.4. The minimum Gasteiger partial charge on any atom is -0.508 e. The maximum absolute atomic E-state index is 14.0. The fourth-order valence-corrected chi connectivity index (χ4v) is 7.69. The number of aromatic hydroxyl groups is 1. The number of Topliss-reactive ketones (excluding diaryl/α,β-unsaturated/α-hetero) is 3. The van der Waals surface area contributed by atoms with Crippen LogP contribution in [0.1, 0.15) is 108 Å². The third-order valence-corrected chi connectivity index (χ3v) is 9.55. The molecule has 0 spiro atoms. The highest BCUT2D eigenvalue weighted by Gasteiger charge is 2.67. The molecule has 0 heterocycles. The Kier molecular flexibility index (Phi) is 7.83. The molecule has 3 N–H and O–H groups in total. The predicted octanol–water partition coefficient (Wildman–Crippen LogP) is 6.67. The fourth-order valence-electron chi connectivity index (χ4n) is 7.69. The molecule has 0 saturated carbocycles. The van der Waals surface area contributed by atoms with Gasteiger partial charge in [0.05, 0.1) is 11.1 Å². The van der Waals surface area contributed by atoms with Crippen molar-refractivity contribution in [2.75, 3.05) is 0 Å². The van der Waals surface area contributed by atoms with Gasteiger partial charge >= 0.3 is 0 Å². The van der Waals surface area contributed by atoms with Crippen LogP contribution in [-0.4, -0.2) is 38.3 Å². The van der Waals surface area contributed by atoms with Gasteiger partial charge in [-0.15, -0.1) is 0 Å². The first-order chi connectivity index (χ1) is 18.6. The van der Waals surface area contributed by atoms with Crippen LogP contribution in [0.15, 0.2) is 46.8 Å². The number of aryl methyl sites for hydroxylation is 1. The molecule has 0 aliphatic heterocycles. The van der Waals surface area contributed by atoms with Crippen LogP contribution in [-0.2, 0) is 22.4 Å². The summed E-state index contributed by atoms with van der Waals surface area (Å²) in [6.45, 7) is 15.3. The lowest BCUT2D eigenvalue weighted by molar-refractivity contribution is -0.157. The van der Waals surface area contributed by atoms with Crippen LogP contribution in [0, 0.1) is 16.7 Å². The van der Waals surface area contributed by atoms with Crippen molar-refractivity contribution >= 4 is 17.3 Å². The zero-order chi connectivity index (χ0) is 29.8. The molecule has 6 heteroatoms. The summed E-state index contributed by atoms with van der Waals surface area (Å²) in [4.78, 5) is 39.9. The Bertz CT molecular complexity index is 1360. The van der Waals surface area contributed by atoms with E-state index in [2.05, 4.69) is 20.4 Å². The lowest BCUT2D eigenvalue weighted by atomic mass is 9.48. The van der Waals surface area contributed by atoms with Crippen LogP contribution in [0.2, 0.25) is 0 Å². The molecular weight excluding hydrogens is 504 g/mol. The van der Waals surface area contributed by atoms with Gasteiger partial charge in [-0.2, -0.15) is 0 Å². The number of aliphatic hydroxyl groups is 2. The van der Waals surface area contributed by atoms with E-state index in [4.69, 9.17) is 0 Å². The van der Waals surface area contributed by atoms with Gasteiger partial charge in [-0.1, -0.05) is 64.3 Å². The van der Waals surface area contributed by atoms with Crippen LogP contribution in [0.3, 0.4) is 0 Å². The number of hydrogen-bond donors (Lipinski definition) is 3. The lowest BCUT2D eigenvalue weighted by Crippen LogP contribution is -2.63. The number of benzene rings is 1. The summed E-state index contributed by atoms with van der Waals surface area (Å²) < 4.78 is 0. The van der Waals surface area contributed by atoms with Crippen molar-refractivity contribution in [1.29, 1.82) is 0 Å². The second kappa shape index (κ2) is 10.4. The zero-order valence-electron chi connectivity index (χ0n) is 24.9. The van der Waals surface area contributed by atoms with E-state index in [0.717, 1.165) is 36.0 Å². The molecule has 3 aliphatic rings. The largest absolute Gasteiger partial charge is 0.508 e. The molecule has 0 unspecified atom stereocenters. The standard InChI is InChI=1S/C34H44O6/c1-19(2)10-8-9-11-20(3)12-13-23-14-15-25(36)27-24(23)17-32(6)18-33(7)16-21(4)26(22(5)35)30(38)34(33,40)31(39)28(32)29(27)37/h14-15,19,36,39-40H,3,8-13,16-18H2,1-2,4-7H3/t32-,33+,34+/m1/s1. The van der Waals surface area contributed by atoms with Gasteiger partial charge in [0.15, 0.2) is 17.2 Å². The predicted molar refractivity (Wildman–Crippen MR) is 155 cm³/mol. The van der Waals surface area contributed by atoms with Gasteiger partial charge in [0.25, 0.3) is 0 Å². The van der Waals surface area contributed by atoms with E-state index in [1.807, 2.05) is 13.0 Å². The first-order valence-electron chi connectivity index (χ1n) is 14.5. The Balaban J connectivity index is 1.71. The molecule has 216 valence electrons. The van der Waals surface area contributed by atoms with Crippen LogP contribution in [0.25, 0.3) is 0 Å². The maximum atomic E-state index is 14.0. The zero-order valence-corrected chi connectivity index (χ0v) is 24.9. The molecule has 3 aliphatic carbocycles. The van der Waals surface area contributed by atoms with Crippen LogP contribution in [0.4, 0.5) is 0 Å². The van der Waals surface area contributed by atoms with E-state index in [1.54, 1.807) is 13.8 Å². The minimum absolute atomic E-state index is 0.0437. The Morgan fingerprint density at radius 2 is 1.75 bits per heavy atom. The van der Waals surface area contributed by atoms with Crippen LogP contribution in [0.5, 0.6) is 5.75 Å². The molecule has 1 aromatic carbocycles. The summed E-state index contributed by atoms with van der Waals surface area (Å²) in [6.07, 6.45) is 6.78. The molecule has 0 aromatic heterocycles. The summed E-state index contributed by atoms with van der Waals surface area (Å²) in [7, 11) is 0. The Morgan fingerprint density at radius 3 is 2.38 bits per heavy atom. The van der Waals surface area contributed by atoms with E-state index in [-0.39, 0.29) is 35.3 Å². The van der Waals surface area contributed by atoms with Crippen molar-refractivity contribution < 1.29 is 29.7 Å². The van der Waals surface area contributed by atoms with Crippen molar-refractivity contribution in [3.05, 3.63) is 63.5 Å². The van der Waals surface area contributed by atoms with Gasteiger partial charge in [0.2, 0.25) is 5.78 Å². The van der Waals surface area contributed by atoms with Gasteiger partial charge in [0, 0.05) is 16.4 Å². The number of ketones is 3. The summed E-state index contributed by atoms with van der Waals surface area (Å²) in [5, 5.41) is 34.2. The number of fused-ring (bicyclic) bond motifs is 3. The average molecular weight is 549 g/mol. The highest BCUT2D eigenvalue weighted by Crippen LogP contribution is 2.62. The van der Waals surface area contributed by atoms with Crippen molar-refractivity contribution in [2.24, 2.45) is 16.7 Å². The lowest BCUT2D eigenvalue weighted by Gasteiger charge is -2.56. The van der Waals surface area contributed by atoms with E-state index in [0.29, 0.717) is 24.3 Å². The van der Waals surface area contributed by atoms with Crippen molar-refractivity contribution in [3.8, 4) is 5.75 Å². The molecule has 0 amide bonds. The molecule has 0 radical (unpaired) electrons. The number of carbonyl (C=O) groups excluding carboxylic acids is 3. The Hall–Kier alpha value is -2.99. The number of rotatable bonds is 9. The molecule has 40 heavy (non-hydrogen) atoms. The number of hydrogen-bond acceptors (Lipinski definition) is 6. The number of aliphatic hydroxyl groups excluding tert-OH is 1. The van der Waals surface area contributed by atoms with Gasteiger partial charge in [-0.3, -0.25) is 14.4 Å². The molecule has 4 rings (SSSR count). The molecule has 0 fully saturated rings. The topological polar surface area (TPSA) is 112 Å². The molecule has 6 nitrogen and oxygen atoms in total. The molecular formula is C34H44O6. The van der Waals surface area contributed by atoms with E-state index < -0.39 is 39.5 Å². The van der Waals surface area contributed by atoms with Crippen molar-refractivity contribution in [3.63, 3.8) is 0 Å². The molecule has 0 bridgehead atoms. The summed E-state index contributed by atoms with van der Waals surface area (Å²) >= 11 is 0. The van der Waals surface area contributed by atoms with Crippen LogP contribution >= 0.6 is 0 Å². The summed E-state index contributed by atoms with van der Waals surface area (Å²) in [5.41, 5.74) is -0.965. The van der Waals surface area contributed by atoms with E-state index >= 15 is 0 Å². The Labute approximate surface area is 237 Å². The SMILES string of the molecule is C=C(CCCCC(C)C)CCc1ccc(O)c2c1C[C@]1(C)C[C@]3(C)CC(C)=C(C(C)=O)C(=O)[C@]3(O)C(O)=C1C2=O. The van der Waals surface area contributed by atoms with Crippen LogP contribution < -0.4 is 0 Å². The highest BCUT2D eigenvalue weighted by atomic mass is 16.3. The number of allylic oxidation sites excluding steroid dienone is 3. The third-order valence-electron chi connectivity index (χ3n) is 9.55. The first kappa shape index (κ1) is 30.0. The minimum atomic E-state index is -2.39. The third kappa shape index (κ3) is 4.68. The monoisotopic (exact) mass is 548 g/mol. The van der Waals surface area contributed by atoms with Gasteiger partial charge in [-0.25, -0.2) is 0 Å². The fraction of sp³-hybridized carbons (Fsp3) is 0.559. The summed E-state index contributed by atoms with van der Waals surface area (Å²) in [5.74, 6) is -2.10. The number of carbonyl (C=O) groups is 3. The Morgan fingerprint density at radius 1 is 1.07 bits per heavy atom. The average Bonchev–Trinajstić information content (AvgIpc) is 2.83. The van der Waals surface area contributed by atoms with Gasteiger partial charge in [-0.05, 0) is 81.9 Å². The van der Waals surface area contributed by atoms with Crippen molar-refractivity contribution in [2.45, 2.75) is 105 Å². The van der Waals surface area contributed by atoms with Gasteiger partial charge in [0.1, 0.15) is 11.5 Å². The number of unbranched alkanes of at least 4 members (excludes halogenated alkanes) is 1. The van der Waals surface area contributed by atoms with E-state index in [1.165, 1.54) is 25.8 Å². The quantitative estimate of drug-likeness (QED) is 0.180. The van der Waals surface area contributed by atoms with Crippen molar-refractivity contribution in [1.82, 2.24) is 0 Å². The molecule has 1 aromatic rings. The first-order valence-corrected chi connectivity index (χ1v) is 14.5. The number of phenols is 1. The second-order valence-corrected chi connectivity index (χ2v) is 13.4. The molecule has 0 saturated heterocycles. The normalized spacial score (nSPS) is 28.0. The molecule has 3 atom stereocenters. The highest BCUT2D eigenvalue weighted by molar-refractivity contribution is 6.25. The van der Waals surface area contributed by atoms with E-state index in [9.17, 15) is 29.7 Å². The maximum Gasteiger partial charge on any atom is 0.206 e.